The molecule has 1 amide bonds. The van der Waals surface area contributed by atoms with E-state index in [1.807, 2.05) is 24.3 Å². The van der Waals surface area contributed by atoms with E-state index >= 15 is 0 Å². The summed E-state index contributed by atoms with van der Waals surface area (Å²) >= 11 is 0. The van der Waals surface area contributed by atoms with E-state index in [1.165, 1.54) is 6.42 Å². The molecule has 0 spiro atoms. The number of benzene rings is 1. The topological polar surface area (TPSA) is 62.7 Å². The summed E-state index contributed by atoms with van der Waals surface area (Å²) in [5, 5.41) is 7.40. The number of amides is 1. The molecule has 1 aromatic rings. The summed E-state index contributed by atoms with van der Waals surface area (Å²) in [6.45, 7) is 6.95. The average molecular weight is 317 g/mol. The first-order chi connectivity index (χ1) is 10.9. The molecule has 1 aliphatic rings. The van der Waals surface area contributed by atoms with E-state index in [4.69, 9.17) is 4.74 Å². The minimum absolute atomic E-state index is 0.135. The molecule has 1 atom stereocenters. The molecule has 1 fully saturated rings. The maximum absolute atomic E-state index is 11.9. The van der Waals surface area contributed by atoms with Gasteiger partial charge in [0.15, 0.2) is 0 Å². The molecule has 0 heterocycles. The second-order valence-corrected chi connectivity index (χ2v) is 7.15. The van der Waals surface area contributed by atoms with Crippen molar-refractivity contribution < 1.29 is 9.53 Å². The summed E-state index contributed by atoms with van der Waals surface area (Å²) in [4.78, 5) is 11.9. The molecule has 0 unspecified atom stereocenters. The molecule has 5 nitrogen and oxygen atoms in total. The van der Waals surface area contributed by atoms with E-state index in [9.17, 15) is 4.79 Å². The van der Waals surface area contributed by atoms with Gasteiger partial charge in [0, 0.05) is 11.4 Å². The quantitative estimate of drug-likeness (QED) is 0.818. The van der Waals surface area contributed by atoms with Gasteiger partial charge in [-0.15, -0.1) is 0 Å². The fraction of sp³-hybridized carbons (Fsp3) is 0.556. The lowest BCUT2D eigenvalue weighted by atomic mass is 9.72. The number of rotatable bonds is 5. The first-order valence-electron chi connectivity index (χ1n) is 8.10. The zero-order valence-corrected chi connectivity index (χ0v) is 14.5. The van der Waals surface area contributed by atoms with Gasteiger partial charge in [-0.2, -0.15) is 5.10 Å². The number of ether oxygens (including phenoxy) is 1. The van der Waals surface area contributed by atoms with Gasteiger partial charge in [0.25, 0.3) is 5.91 Å². The molecule has 1 aromatic carbocycles. The lowest BCUT2D eigenvalue weighted by Gasteiger charge is -2.34. The van der Waals surface area contributed by atoms with Crippen LogP contribution in [0.4, 0.5) is 5.69 Å². The van der Waals surface area contributed by atoms with E-state index < -0.39 is 0 Å². The fourth-order valence-electron chi connectivity index (χ4n) is 3.27. The Kier molecular flexibility index (Phi) is 5.64. The summed E-state index contributed by atoms with van der Waals surface area (Å²) in [6.07, 6.45) is 3.12. The lowest BCUT2D eigenvalue weighted by molar-refractivity contribution is -0.119. The molecule has 1 saturated carbocycles. The van der Waals surface area contributed by atoms with Crippen LogP contribution in [0.15, 0.2) is 29.4 Å². The summed E-state index contributed by atoms with van der Waals surface area (Å²) in [6, 6.07) is 7.46. The Balaban J connectivity index is 1.81. The number of carbonyl (C=O) groups is 1. The highest BCUT2D eigenvalue weighted by Gasteiger charge is 2.29. The van der Waals surface area contributed by atoms with Crippen LogP contribution in [0.2, 0.25) is 0 Å². The van der Waals surface area contributed by atoms with Gasteiger partial charge in [-0.05, 0) is 54.9 Å². The largest absolute Gasteiger partial charge is 0.497 e. The molecule has 0 bridgehead atoms. The fourth-order valence-corrected chi connectivity index (χ4v) is 3.27. The van der Waals surface area contributed by atoms with Gasteiger partial charge in [0.05, 0.1) is 13.7 Å². The summed E-state index contributed by atoms with van der Waals surface area (Å²) < 4.78 is 5.10. The van der Waals surface area contributed by atoms with E-state index in [0.29, 0.717) is 5.92 Å². The number of anilines is 1. The normalized spacial score (nSPS) is 21.7. The number of methoxy groups -OCH3 is 1. The molecule has 0 radical (unpaired) electrons. The Bertz CT molecular complexity index is 564. The number of hydrazone groups is 1. The van der Waals surface area contributed by atoms with Crippen LogP contribution in [0.1, 0.15) is 40.0 Å². The minimum atomic E-state index is -0.135. The van der Waals surface area contributed by atoms with Crippen molar-refractivity contribution in [2.45, 2.75) is 40.0 Å². The number of nitrogens with one attached hydrogen (secondary N) is 2. The van der Waals surface area contributed by atoms with Gasteiger partial charge in [-0.25, -0.2) is 5.43 Å². The highest BCUT2D eigenvalue weighted by atomic mass is 16.5. The first-order valence-corrected chi connectivity index (χ1v) is 8.10. The lowest BCUT2D eigenvalue weighted by Crippen LogP contribution is -2.31. The Morgan fingerprint density at radius 1 is 1.35 bits per heavy atom. The number of hydrogen-bond donors (Lipinski definition) is 2. The van der Waals surface area contributed by atoms with Gasteiger partial charge in [-0.1, -0.05) is 20.8 Å². The third-order valence-corrected chi connectivity index (χ3v) is 4.05. The molecule has 23 heavy (non-hydrogen) atoms. The van der Waals surface area contributed by atoms with Crippen LogP contribution < -0.4 is 15.5 Å². The molecule has 2 N–H and O–H groups in total. The standard InChI is InChI=1S/C18H27N3O2/c1-13-9-15(11-18(2,3)10-13)20-21-17(22)12-19-14-5-7-16(23-4)8-6-14/h5-8,13,19H,9-12H2,1-4H3,(H,21,22)/b20-15-/t13-/m0/s1. The number of nitrogens with zero attached hydrogens (tertiary/aromatic N) is 1. The predicted octanol–water partition coefficient (Wildman–Crippen LogP) is 3.43. The summed E-state index contributed by atoms with van der Waals surface area (Å²) in [7, 11) is 1.63. The second-order valence-electron chi connectivity index (χ2n) is 7.15. The molecular formula is C18H27N3O2. The molecule has 0 aromatic heterocycles. The molecule has 1 aliphatic carbocycles. The van der Waals surface area contributed by atoms with Gasteiger partial charge < -0.3 is 10.1 Å². The Labute approximate surface area is 138 Å². The van der Waals surface area contributed by atoms with Gasteiger partial charge in [-0.3, -0.25) is 4.79 Å². The van der Waals surface area contributed by atoms with Crippen LogP contribution in [-0.2, 0) is 4.79 Å². The molecular weight excluding hydrogens is 290 g/mol. The minimum Gasteiger partial charge on any atom is -0.497 e. The molecule has 126 valence electrons. The van der Waals surface area contributed by atoms with Crippen LogP contribution in [-0.4, -0.2) is 25.3 Å². The Morgan fingerprint density at radius 3 is 2.65 bits per heavy atom. The van der Waals surface area contributed by atoms with Crippen molar-refractivity contribution in [3.63, 3.8) is 0 Å². The predicted molar refractivity (Wildman–Crippen MR) is 93.9 cm³/mol. The van der Waals surface area contributed by atoms with Crippen molar-refractivity contribution >= 4 is 17.3 Å². The van der Waals surface area contributed by atoms with E-state index in [2.05, 4.69) is 36.6 Å². The van der Waals surface area contributed by atoms with Crippen LogP contribution in [0.3, 0.4) is 0 Å². The summed E-state index contributed by atoms with van der Waals surface area (Å²) in [5.74, 6) is 1.27. The Morgan fingerprint density at radius 2 is 2.04 bits per heavy atom. The molecule has 0 saturated heterocycles. The van der Waals surface area contributed by atoms with Crippen LogP contribution >= 0.6 is 0 Å². The van der Waals surface area contributed by atoms with E-state index in [-0.39, 0.29) is 17.9 Å². The average Bonchev–Trinajstić information content (AvgIpc) is 2.49. The van der Waals surface area contributed by atoms with E-state index in [1.54, 1.807) is 7.11 Å². The molecule has 5 heteroatoms. The SMILES string of the molecule is COc1ccc(NCC(=O)N/N=C2/C[C@H](C)CC(C)(C)C2)cc1. The van der Waals surface area contributed by atoms with Crippen molar-refractivity contribution in [1.29, 1.82) is 0 Å². The van der Waals surface area contributed by atoms with Crippen molar-refractivity contribution in [2.24, 2.45) is 16.4 Å². The third kappa shape index (κ3) is 5.58. The zero-order valence-electron chi connectivity index (χ0n) is 14.5. The zero-order chi connectivity index (χ0) is 16.9. The molecule has 2 rings (SSSR count). The summed E-state index contributed by atoms with van der Waals surface area (Å²) in [5.41, 5.74) is 4.90. The van der Waals surface area contributed by atoms with Crippen LogP contribution in [0, 0.1) is 11.3 Å². The van der Waals surface area contributed by atoms with Crippen molar-refractivity contribution in [2.75, 3.05) is 19.0 Å². The van der Waals surface area contributed by atoms with Gasteiger partial charge in [0.2, 0.25) is 0 Å². The van der Waals surface area contributed by atoms with Crippen molar-refractivity contribution in [3.8, 4) is 5.75 Å². The van der Waals surface area contributed by atoms with Crippen molar-refractivity contribution in [1.82, 2.24) is 5.43 Å². The van der Waals surface area contributed by atoms with Gasteiger partial charge >= 0.3 is 0 Å². The molecule has 0 aliphatic heterocycles. The maximum atomic E-state index is 11.9. The number of hydrogen-bond acceptors (Lipinski definition) is 4. The van der Waals surface area contributed by atoms with Gasteiger partial charge in [0.1, 0.15) is 5.75 Å². The highest BCUT2D eigenvalue weighted by molar-refractivity contribution is 5.88. The monoisotopic (exact) mass is 317 g/mol. The number of carbonyl (C=O) groups excluding carboxylic acids is 1. The highest BCUT2D eigenvalue weighted by Crippen LogP contribution is 2.36. The van der Waals surface area contributed by atoms with Crippen molar-refractivity contribution in [3.05, 3.63) is 24.3 Å². The first kappa shape index (κ1) is 17.3. The smallest absolute Gasteiger partial charge is 0.259 e. The third-order valence-electron chi connectivity index (χ3n) is 4.05. The second kappa shape index (κ2) is 7.49. The maximum Gasteiger partial charge on any atom is 0.259 e. The Hall–Kier alpha value is -2.04. The van der Waals surface area contributed by atoms with Crippen LogP contribution in [0.5, 0.6) is 5.75 Å². The van der Waals surface area contributed by atoms with E-state index in [0.717, 1.165) is 30.0 Å². The van der Waals surface area contributed by atoms with Crippen LogP contribution in [0.25, 0.3) is 0 Å².